The molecule has 24 heavy (non-hydrogen) atoms. The predicted molar refractivity (Wildman–Crippen MR) is 92.6 cm³/mol. The summed E-state index contributed by atoms with van der Waals surface area (Å²) in [5, 5.41) is 8.72. The van der Waals surface area contributed by atoms with Crippen LogP contribution >= 0.6 is 0 Å². The standard InChI is InChI=1S/C19H30O5/c1-13(9-14(2)10-15(3)11-18(20)21)7-5-6-8-17-16(12-23-4)19(22)24-17/h10-11,13,16-17H,5-9,12H2,1-4H3,(H,20,21). The highest BCUT2D eigenvalue weighted by molar-refractivity contribution is 5.81. The van der Waals surface area contributed by atoms with Crippen molar-refractivity contribution in [1.82, 2.24) is 0 Å². The maximum Gasteiger partial charge on any atom is 0.328 e. The number of carbonyl (C=O) groups excluding carboxylic acids is 1. The summed E-state index contributed by atoms with van der Waals surface area (Å²) < 4.78 is 10.2. The highest BCUT2D eigenvalue weighted by Gasteiger charge is 2.41. The molecule has 3 unspecified atom stereocenters. The van der Waals surface area contributed by atoms with Gasteiger partial charge in [-0.2, -0.15) is 0 Å². The first-order valence-corrected chi connectivity index (χ1v) is 8.61. The Kier molecular flexibility index (Phi) is 8.76. The molecule has 1 fully saturated rings. The zero-order valence-corrected chi connectivity index (χ0v) is 15.2. The third-order valence-electron chi connectivity index (χ3n) is 4.30. The quantitative estimate of drug-likeness (QED) is 0.269. The summed E-state index contributed by atoms with van der Waals surface area (Å²) in [4.78, 5) is 21.9. The summed E-state index contributed by atoms with van der Waals surface area (Å²) >= 11 is 0. The van der Waals surface area contributed by atoms with Gasteiger partial charge in [0.15, 0.2) is 0 Å². The van der Waals surface area contributed by atoms with Gasteiger partial charge in [0.2, 0.25) is 0 Å². The number of hydrogen-bond donors (Lipinski definition) is 1. The minimum atomic E-state index is -0.909. The summed E-state index contributed by atoms with van der Waals surface area (Å²) in [6.07, 6.45) is 8.33. The van der Waals surface area contributed by atoms with Crippen LogP contribution in [0.3, 0.4) is 0 Å². The molecule has 1 N–H and O–H groups in total. The van der Waals surface area contributed by atoms with Gasteiger partial charge in [-0.1, -0.05) is 31.4 Å². The number of methoxy groups -OCH3 is 1. The van der Waals surface area contributed by atoms with E-state index in [0.29, 0.717) is 12.5 Å². The molecule has 0 aromatic carbocycles. The van der Waals surface area contributed by atoms with Gasteiger partial charge in [0, 0.05) is 13.2 Å². The number of rotatable bonds is 11. The summed E-state index contributed by atoms with van der Waals surface area (Å²) in [5.41, 5.74) is 1.97. The number of carboxylic acid groups (broad SMARTS) is 1. The molecule has 0 aromatic rings. The zero-order chi connectivity index (χ0) is 18.1. The van der Waals surface area contributed by atoms with E-state index < -0.39 is 5.97 Å². The third kappa shape index (κ3) is 7.30. The molecule has 1 heterocycles. The Morgan fingerprint density at radius 1 is 1.33 bits per heavy atom. The van der Waals surface area contributed by atoms with Gasteiger partial charge in [0.1, 0.15) is 12.0 Å². The van der Waals surface area contributed by atoms with Crippen molar-refractivity contribution in [1.29, 1.82) is 0 Å². The lowest BCUT2D eigenvalue weighted by Gasteiger charge is -2.34. The average Bonchev–Trinajstić information content (AvgIpc) is 2.46. The van der Waals surface area contributed by atoms with Gasteiger partial charge in [-0.25, -0.2) is 4.79 Å². The minimum Gasteiger partial charge on any atom is -0.478 e. The van der Waals surface area contributed by atoms with Gasteiger partial charge in [-0.05, 0) is 44.6 Å². The van der Waals surface area contributed by atoms with Crippen LogP contribution in [-0.4, -0.2) is 36.9 Å². The number of aliphatic carboxylic acids is 1. The number of hydrogen-bond acceptors (Lipinski definition) is 4. The number of cyclic esters (lactones) is 1. The van der Waals surface area contributed by atoms with Crippen LogP contribution in [0.1, 0.15) is 52.9 Å². The Labute approximate surface area is 144 Å². The van der Waals surface area contributed by atoms with Crippen molar-refractivity contribution >= 4 is 11.9 Å². The molecular weight excluding hydrogens is 308 g/mol. The second-order valence-corrected chi connectivity index (χ2v) is 6.85. The Morgan fingerprint density at radius 3 is 2.62 bits per heavy atom. The molecule has 1 rings (SSSR count). The normalized spacial score (nSPS) is 22.8. The summed E-state index contributed by atoms with van der Waals surface area (Å²) in [6, 6.07) is 0. The van der Waals surface area contributed by atoms with E-state index in [-0.39, 0.29) is 18.0 Å². The van der Waals surface area contributed by atoms with Crippen molar-refractivity contribution in [3.63, 3.8) is 0 Å². The van der Waals surface area contributed by atoms with E-state index in [0.717, 1.165) is 37.7 Å². The molecule has 0 spiro atoms. The molecule has 1 aliphatic rings. The van der Waals surface area contributed by atoms with E-state index in [2.05, 4.69) is 6.92 Å². The third-order valence-corrected chi connectivity index (χ3v) is 4.30. The molecular formula is C19H30O5. The Bertz CT molecular complexity index is 492. The largest absolute Gasteiger partial charge is 0.478 e. The van der Waals surface area contributed by atoms with Crippen LogP contribution in [0.2, 0.25) is 0 Å². The zero-order valence-electron chi connectivity index (χ0n) is 15.2. The van der Waals surface area contributed by atoms with Crippen molar-refractivity contribution in [2.45, 2.75) is 59.0 Å². The molecule has 5 nitrogen and oxygen atoms in total. The molecule has 3 atom stereocenters. The Morgan fingerprint density at radius 2 is 2.04 bits per heavy atom. The molecule has 0 amide bonds. The van der Waals surface area contributed by atoms with E-state index in [4.69, 9.17) is 14.6 Å². The molecule has 0 aliphatic carbocycles. The maximum atomic E-state index is 11.3. The fraction of sp³-hybridized carbons (Fsp3) is 0.684. The van der Waals surface area contributed by atoms with E-state index >= 15 is 0 Å². The van der Waals surface area contributed by atoms with Gasteiger partial charge in [-0.15, -0.1) is 0 Å². The summed E-state index contributed by atoms with van der Waals surface area (Å²) in [7, 11) is 1.60. The van der Waals surface area contributed by atoms with Crippen molar-refractivity contribution in [2.24, 2.45) is 11.8 Å². The van der Waals surface area contributed by atoms with Crippen LogP contribution < -0.4 is 0 Å². The molecule has 1 aliphatic heterocycles. The fourth-order valence-corrected chi connectivity index (χ4v) is 3.19. The molecule has 0 saturated carbocycles. The first kappa shape index (κ1) is 20.4. The van der Waals surface area contributed by atoms with Crippen LogP contribution in [-0.2, 0) is 19.1 Å². The van der Waals surface area contributed by atoms with Gasteiger partial charge in [0.05, 0.1) is 6.61 Å². The fourth-order valence-electron chi connectivity index (χ4n) is 3.19. The Hall–Kier alpha value is -1.62. The van der Waals surface area contributed by atoms with Crippen LogP contribution in [0.5, 0.6) is 0 Å². The molecule has 0 aromatic heterocycles. The lowest BCUT2D eigenvalue weighted by atomic mass is 9.91. The summed E-state index contributed by atoms with van der Waals surface area (Å²) in [5.74, 6) is -0.576. The monoisotopic (exact) mass is 338 g/mol. The van der Waals surface area contributed by atoms with Gasteiger partial charge in [-0.3, -0.25) is 4.79 Å². The molecule has 1 saturated heterocycles. The van der Waals surface area contributed by atoms with E-state index in [1.165, 1.54) is 11.6 Å². The average molecular weight is 338 g/mol. The minimum absolute atomic E-state index is 0.0261. The number of carboxylic acids is 1. The van der Waals surface area contributed by atoms with Crippen LogP contribution in [0.25, 0.3) is 0 Å². The van der Waals surface area contributed by atoms with Gasteiger partial charge in [0.25, 0.3) is 0 Å². The van der Waals surface area contributed by atoms with Crippen molar-refractivity contribution in [2.75, 3.05) is 13.7 Å². The Balaban J connectivity index is 2.22. The number of carbonyl (C=O) groups is 2. The highest BCUT2D eigenvalue weighted by Crippen LogP contribution is 2.28. The van der Waals surface area contributed by atoms with Gasteiger partial charge < -0.3 is 14.6 Å². The number of allylic oxidation sites excluding steroid dienone is 3. The summed E-state index contributed by atoms with van der Waals surface area (Å²) in [6.45, 7) is 6.51. The van der Waals surface area contributed by atoms with E-state index in [1.54, 1.807) is 14.0 Å². The van der Waals surface area contributed by atoms with Crippen LogP contribution in [0.15, 0.2) is 23.3 Å². The smallest absolute Gasteiger partial charge is 0.328 e. The lowest BCUT2D eigenvalue weighted by molar-refractivity contribution is -0.190. The lowest BCUT2D eigenvalue weighted by Crippen LogP contribution is -2.47. The number of esters is 1. The SMILES string of the molecule is COCC1C(=O)OC1CCCCC(C)CC(C)=CC(C)=CC(=O)O. The molecule has 0 radical (unpaired) electrons. The first-order valence-electron chi connectivity index (χ1n) is 8.61. The van der Waals surface area contributed by atoms with Crippen molar-refractivity contribution < 1.29 is 24.2 Å². The predicted octanol–water partition coefficient (Wildman–Crippen LogP) is 3.74. The second-order valence-electron chi connectivity index (χ2n) is 6.85. The van der Waals surface area contributed by atoms with Crippen LogP contribution in [0.4, 0.5) is 0 Å². The highest BCUT2D eigenvalue weighted by atomic mass is 16.6. The topological polar surface area (TPSA) is 72.8 Å². The van der Waals surface area contributed by atoms with E-state index in [9.17, 15) is 9.59 Å². The number of unbranched alkanes of at least 4 members (excludes halogenated alkanes) is 1. The first-order chi connectivity index (χ1) is 11.3. The number of ether oxygens (including phenoxy) is 2. The van der Waals surface area contributed by atoms with Crippen molar-refractivity contribution in [3.8, 4) is 0 Å². The molecule has 0 bridgehead atoms. The van der Waals surface area contributed by atoms with Gasteiger partial charge >= 0.3 is 11.9 Å². The van der Waals surface area contributed by atoms with Crippen molar-refractivity contribution in [3.05, 3.63) is 23.3 Å². The molecule has 5 heteroatoms. The van der Waals surface area contributed by atoms with Crippen LogP contribution in [0, 0.1) is 11.8 Å². The van der Waals surface area contributed by atoms with E-state index in [1.807, 2.05) is 13.0 Å². The maximum absolute atomic E-state index is 11.3. The second kappa shape index (κ2) is 10.3. The molecule has 136 valence electrons.